The van der Waals surface area contributed by atoms with Crippen LogP contribution in [0.2, 0.25) is 10.0 Å². The van der Waals surface area contributed by atoms with Gasteiger partial charge in [0, 0.05) is 35.1 Å². The molecular formula is C32H29Cl2N3O2. The van der Waals surface area contributed by atoms with Crippen LogP contribution in [0.15, 0.2) is 72.9 Å². The first-order chi connectivity index (χ1) is 18.9. The normalized spacial score (nSPS) is 12.9. The highest BCUT2D eigenvalue weighted by Gasteiger charge is 2.29. The van der Waals surface area contributed by atoms with E-state index in [0.717, 1.165) is 70.8 Å². The van der Waals surface area contributed by atoms with Gasteiger partial charge < -0.3 is 14.6 Å². The molecule has 2 aromatic heterocycles. The fourth-order valence-electron chi connectivity index (χ4n) is 5.60. The molecule has 0 radical (unpaired) electrons. The Balaban J connectivity index is 1.58. The van der Waals surface area contributed by atoms with Crippen LogP contribution in [0.25, 0.3) is 28.0 Å². The molecule has 0 fully saturated rings. The maximum Gasteiger partial charge on any atom is 0.273 e. The number of aromatic nitrogens is 2. The number of nitrogens with zero attached hydrogens (tertiary/aromatic N) is 2. The fourth-order valence-corrected chi connectivity index (χ4v) is 5.90. The Morgan fingerprint density at radius 2 is 1.77 bits per heavy atom. The number of benzene rings is 3. The van der Waals surface area contributed by atoms with E-state index in [4.69, 9.17) is 27.9 Å². The second kappa shape index (κ2) is 10.5. The van der Waals surface area contributed by atoms with Crippen molar-refractivity contribution in [2.45, 2.75) is 39.7 Å². The number of rotatable bonds is 6. The van der Waals surface area contributed by atoms with Gasteiger partial charge in [-0.1, -0.05) is 53.5 Å². The van der Waals surface area contributed by atoms with Crippen molar-refractivity contribution in [3.05, 3.63) is 99.8 Å². The number of hydrogen-bond acceptors (Lipinski definition) is 2. The molecule has 0 spiro atoms. The average Bonchev–Trinajstić information content (AvgIpc) is 3.34. The second-order valence-electron chi connectivity index (χ2n) is 9.93. The number of hydrogen-bond donors (Lipinski definition) is 1. The van der Waals surface area contributed by atoms with E-state index in [1.54, 1.807) is 0 Å². The average molecular weight is 559 g/mol. The first kappa shape index (κ1) is 25.6. The Morgan fingerprint density at radius 3 is 2.51 bits per heavy atom. The molecule has 1 N–H and O–H groups in total. The molecule has 0 aliphatic carbocycles. The van der Waals surface area contributed by atoms with Gasteiger partial charge in [0.05, 0.1) is 22.3 Å². The molecule has 3 aromatic carbocycles. The van der Waals surface area contributed by atoms with E-state index in [9.17, 15) is 4.79 Å². The molecule has 1 aliphatic heterocycles. The first-order valence-corrected chi connectivity index (χ1v) is 14.0. The summed E-state index contributed by atoms with van der Waals surface area (Å²) in [5.74, 6) is 0.664. The number of amides is 1. The standard InChI is InChI=1S/C32H29Cl2N3O2/c1-3-39-24-13-10-21(11-14-24)29-25-9-4-5-16-36-28(22-12-15-26(33)27(34)18-22)19-37(32(25)36)30(29)31(38)35-23-8-6-7-20(2)17-23/h6-8,10-15,17-19H,3-5,9,16H2,1-2H3,(H,35,38). The summed E-state index contributed by atoms with van der Waals surface area (Å²) in [4.78, 5) is 14.1. The van der Waals surface area contributed by atoms with Crippen LogP contribution in [0, 0.1) is 6.92 Å². The number of imidazole rings is 1. The van der Waals surface area contributed by atoms with Gasteiger partial charge in [-0.3, -0.25) is 9.20 Å². The molecule has 5 nitrogen and oxygen atoms in total. The molecule has 0 unspecified atom stereocenters. The highest BCUT2D eigenvalue weighted by atomic mass is 35.5. The predicted molar refractivity (Wildman–Crippen MR) is 160 cm³/mol. The molecule has 3 heterocycles. The molecule has 7 heteroatoms. The van der Waals surface area contributed by atoms with Gasteiger partial charge in [0.2, 0.25) is 0 Å². The quantitative estimate of drug-likeness (QED) is 0.227. The zero-order chi connectivity index (χ0) is 27.1. The summed E-state index contributed by atoms with van der Waals surface area (Å²) < 4.78 is 10.1. The number of aryl methyl sites for hydroxylation is 3. The van der Waals surface area contributed by atoms with E-state index in [1.165, 1.54) is 5.56 Å². The summed E-state index contributed by atoms with van der Waals surface area (Å²) in [7, 11) is 0. The fraction of sp³-hybridized carbons (Fsp3) is 0.219. The van der Waals surface area contributed by atoms with Crippen LogP contribution < -0.4 is 10.1 Å². The van der Waals surface area contributed by atoms with Gasteiger partial charge in [-0.25, -0.2) is 0 Å². The minimum Gasteiger partial charge on any atom is -0.494 e. The van der Waals surface area contributed by atoms with Gasteiger partial charge in [-0.05, 0) is 80.6 Å². The maximum atomic E-state index is 14.1. The van der Waals surface area contributed by atoms with E-state index in [1.807, 2.05) is 68.4 Å². The highest BCUT2D eigenvalue weighted by molar-refractivity contribution is 6.42. The number of carbonyl (C=O) groups excluding carboxylic acids is 1. The van der Waals surface area contributed by atoms with Gasteiger partial charge in [0.15, 0.2) is 0 Å². The molecule has 0 bridgehead atoms. The largest absolute Gasteiger partial charge is 0.494 e. The van der Waals surface area contributed by atoms with Crippen molar-refractivity contribution in [1.82, 2.24) is 8.97 Å². The smallest absolute Gasteiger partial charge is 0.273 e. The maximum absolute atomic E-state index is 14.1. The number of carbonyl (C=O) groups is 1. The zero-order valence-corrected chi connectivity index (χ0v) is 23.4. The molecule has 198 valence electrons. The summed E-state index contributed by atoms with van der Waals surface area (Å²) >= 11 is 12.6. The van der Waals surface area contributed by atoms with Crippen molar-refractivity contribution in [3.63, 3.8) is 0 Å². The minimum atomic E-state index is -0.149. The molecule has 0 saturated heterocycles. The van der Waals surface area contributed by atoms with Crippen LogP contribution in [0.3, 0.4) is 0 Å². The van der Waals surface area contributed by atoms with Crippen LogP contribution >= 0.6 is 23.2 Å². The summed E-state index contributed by atoms with van der Waals surface area (Å²) in [5, 5.41) is 4.19. The van der Waals surface area contributed by atoms with Crippen LogP contribution in [-0.4, -0.2) is 21.5 Å². The van der Waals surface area contributed by atoms with Crippen LogP contribution in [0.1, 0.15) is 41.4 Å². The summed E-state index contributed by atoms with van der Waals surface area (Å²) in [6.45, 7) is 5.45. The van der Waals surface area contributed by atoms with Gasteiger partial charge in [0.25, 0.3) is 5.91 Å². The highest BCUT2D eigenvalue weighted by Crippen LogP contribution is 2.41. The number of anilines is 1. The minimum absolute atomic E-state index is 0.149. The Labute approximate surface area is 237 Å². The molecule has 0 saturated carbocycles. The van der Waals surface area contributed by atoms with E-state index in [-0.39, 0.29) is 5.91 Å². The topological polar surface area (TPSA) is 47.7 Å². The van der Waals surface area contributed by atoms with Crippen molar-refractivity contribution < 1.29 is 9.53 Å². The number of ether oxygens (including phenoxy) is 1. The van der Waals surface area contributed by atoms with Gasteiger partial charge >= 0.3 is 0 Å². The molecule has 5 aromatic rings. The van der Waals surface area contributed by atoms with Crippen LogP contribution in [-0.2, 0) is 13.0 Å². The lowest BCUT2D eigenvalue weighted by Crippen LogP contribution is -2.15. The molecule has 6 rings (SSSR count). The molecule has 39 heavy (non-hydrogen) atoms. The van der Waals surface area contributed by atoms with Crippen LogP contribution in [0.4, 0.5) is 5.69 Å². The third kappa shape index (κ3) is 4.70. The molecule has 1 aliphatic rings. The monoisotopic (exact) mass is 557 g/mol. The summed E-state index contributed by atoms with van der Waals surface area (Å²) in [6, 6.07) is 21.6. The number of nitrogens with one attached hydrogen (secondary N) is 1. The van der Waals surface area contributed by atoms with E-state index >= 15 is 0 Å². The lowest BCUT2D eigenvalue weighted by molar-refractivity contribution is 0.102. The van der Waals surface area contributed by atoms with Crippen LogP contribution in [0.5, 0.6) is 5.75 Å². The number of halogens is 2. The van der Waals surface area contributed by atoms with Crippen molar-refractivity contribution in [1.29, 1.82) is 0 Å². The Bertz CT molecular complexity index is 1700. The predicted octanol–water partition coefficient (Wildman–Crippen LogP) is 8.68. The van der Waals surface area contributed by atoms with Crippen molar-refractivity contribution >= 4 is 40.4 Å². The van der Waals surface area contributed by atoms with E-state index in [2.05, 4.69) is 32.6 Å². The summed E-state index contributed by atoms with van der Waals surface area (Å²) in [5.41, 5.74) is 8.64. The Hall–Kier alpha value is -3.67. The van der Waals surface area contributed by atoms with Crippen molar-refractivity contribution in [3.8, 4) is 28.1 Å². The SMILES string of the molecule is CCOc1ccc(-c2c3c4n(c(-c5ccc(Cl)c(Cl)c5)cn4c2C(=O)Nc2cccc(C)c2)CCCC3)cc1. The summed E-state index contributed by atoms with van der Waals surface area (Å²) in [6.07, 6.45) is 5.02. The second-order valence-corrected chi connectivity index (χ2v) is 10.7. The zero-order valence-electron chi connectivity index (χ0n) is 21.9. The van der Waals surface area contributed by atoms with Crippen molar-refractivity contribution in [2.75, 3.05) is 11.9 Å². The van der Waals surface area contributed by atoms with Gasteiger partial charge in [-0.2, -0.15) is 0 Å². The van der Waals surface area contributed by atoms with Gasteiger partial charge in [0.1, 0.15) is 17.1 Å². The lowest BCUT2D eigenvalue weighted by Gasteiger charge is -2.11. The van der Waals surface area contributed by atoms with E-state index in [0.29, 0.717) is 22.3 Å². The van der Waals surface area contributed by atoms with Gasteiger partial charge in [-0.15, -0.1) is 0 Å². The van der Waals surface area contributed by atoms with E-state index < -0.39 is 0 Å². The lowest BCUT2D eigenvalue weighted by atomic mass is 9.97. The third-order valence-corrected chi connectivity index (χ3v) is 8.03. The van der Waals surface area contributed by atoms with Crippen molar-refractivity contribution in [2.24, 2.45) is 0 Å². The first-order valence-electron chi connectivity index (χ1n) is 13.3. The molecule has 0 atom stereocenters. The molecular weight excluding hydrogens is 529 g/mol. The third-order valence-electron chi connectivity index (χ3n) is 7.29. The molecule has 1 amide bonds. The Kier molecular flexibility index (Phi) is 6.88. The Morgan fingerprint density at radius 1 is 0.974 bits per heavy atom.